The van der Waals surface area contributed by atoms with Crippen LogP contribution in [0.5, 0.6) is 11.5 Å². The molecule has 1 N–H and O–H groups in total. The number of nitrogens with one attached hydrogen (secondary N) is 1. The Kier molecular flexibility index (Phi) is 3.34. The highest BCUT2D eigenvalue weighted by Crippen LogP contribution is 2.34. The molecule has 0 aliphatic carbocycles. The Morgan fingerprint density at radius 3 is 3.00 bits per heavy atom. The molecule has 0 bridgehead atoms. The lowest BCUT2D eigenvalue weighted by molar-refractivity contribution is 0.0941. The van der Waals surface area contributed by atoms with Gasteiger partial charge in [0.15, 0.2) is 11.5 Å². The van der Waals surface area contributed by atoms with E-state index >= 15 is 0 Å². The van der Waals surface area contributed by atoms with Crippen molar-refractivity contribution in [2.24, 2.45) is 0 Å². The third kappa shape index (κ3) is 2.34. The van der Waals surface area contributed by atoms with Crippen LogP contribution in [-0.2, 0) is 0 Å². The van der Waals surface area contributed by atoms with Crippen LogP contribution in [0.15, 0.2) is 36.5 Å². The molecule has 7 nitrogen and oxygen atoms in total. The van der Waals surface area contributed by atoms with Gasteiger partial charge in [-0.1, -0.05) is 6.07 Å². The van der Waals surface area contributed by atoms with Crippen LogP contribution in [0.3, 0.4) is 0 Å². The van der Waals surface area contributed by atoms with Gasteiger partial charge < -0.3 is 14.8 Å². The second-order valence-corrected chi connectivity index (χ2v) is 5.67. The largest absolute Gasteiger partial charge is 0.454 e. The molecule has 7 heteroatoms. The van der Waals surface area contributed by atoms with E-state index in [0.717, 1.165) is 11.3 Å². The Morgan fingerprint density at radius 1 is 1.29 bits per heavy atom. The van der Waals surface area contributed by atoms with Gasteiger partial charge in [0.2, 0.25) is 6.79 Å². The SMILES string of the molecule is Cc1nn2ncccc2c1C(=O)N[C@@H](C)c1ccc2c(c1)OCO2. The molecule has 1 aliphatic rings. The summed E-state index contributed by atoms with van der Waals surface area (Å²) < 4.78 is 12.2. The molecular formula is C17H16N4O3. The molecular weight excluding hydrogens is 308 g/mol. The molecule has 2 aromatic heterocycles. The minimum absolute atomic E-state index is 0.180. The van der Waals surface area contributed by atoms with Crippen molar-refractivity contribution in [3.63, 3.8) is 0 Å². The van der Waals surface area contributed by atoms with Crippen molar-refractivity contribution in [2.45, 2.75) is 19.9 Å². The zero-order valence-electron chi connectivity index (χ0n) is 13.3. The second-order valence-electron chi connectivity index (χ2n) is 5.67. The van der Waals surface area contributed by atoms with E-state index in [-0.39, 0.29) is 18.7 Å². The molecule has 0 saturated carbocycles. The lowest BCUT2D eigenvalue weighted by atomic mass is 10.1. The van der Waals surface area contributed by atoms with E-state index in [9.17, 15) is 4.79 Å². The van der Waals surface area contributed by atoms with E-state index in [1.165, 1.54) is 4.63 Å². The summed E-state index contributed by atoms with van der Waals surface area (Å²) in [5.74, 6) is 1.24. The molecule has 122 valence electrons. The smallest absolute Gasteiger partial charge is 0.255 e. The second kappa shape index (κ2) is 5.52. The van der Waals surface area contributed by atoms with Crippen molar-refractivity contribution < 1.29 is 14.3 Å². The van der Waals surface area contributed by atoms with Crippen molar-refractivity contribution in [2.75, 3.05) is 6.79 Å². The van der Waals surface area contributed by atoms with Crippen LogP contribution in [0.4, 0.5) is 0 Å². The first-order chi connectivity index (χ1) is 11.6. The predicted octanol–water partition coefficient (Wildman–Crippen LogP) is 2.26. The predicted molar refractivity (Wildman–Crippen MR) is 86.2 cm³/mol. The molecule has 0 radical (unpaired) electrons. The molecule has 0 fully saturated rings. The van der Waals surface area contributed by atoms with Gasteiger partial charge >= 0.3 is 0 Å². The Bertz CT molecular complexity index is 935. The zero-order chi connectivity index (χ0) is 16.7. The molecule has 3 aromatic rings. The monoisotopic (exact) mass is 324 g/mol. The normalized spacial score (nSPS) is 13.9. The summed E-state index contributed by atoms with van der Waals surface area (Å²) >= 11 is 0. The van der Waals surface area contributed by atoms with E-state index in [4.69, 9.17) is 9.47 Å². The lowest BCUT2D eigenvalue weighted by Gasteiger charge is -2.14. The number of hydrogen-bond donors (Lipinski definition) is 1. The van der Waals surface area contributed by atoms with Crippen molar-refractivity contribution in [3.8, 4) is 11.5 Å². The first-order valence-corrected chi connectivity index (χ1v) is 7.64. The van der Waals surface area contributed by atoms with E-state index < -0.39 is 0 Å². The van der Waals surface area contributed by atoms with Crippen LogP contribution in [0.2, 0.25) is 0 Å². The molecule has 4 rings (SSSR count). The first-order valence-electron chi connectivity index (χ1n) is 7.64. The Balaban J connectivity index is 1.60. The van der Waals surface area contributed by atoms with E-state index in [2.05, 4.69) is 15.5 Å². The number of benzene rings is 1. The highest BCUT2D eigenvalue weighted by Gasteiger charge is 2.21. The third-order valence-corrected chi connectivity index (χ3v) is 4.07. The molecule has 0 saturated heterocycles. The summed E-state index contributed by atoms with van der Waals surface area (Å²) in [4.78, 5) is 12.7. The van der Waals surface area contributed by atoms with Gasteiger partial charge in [-0.3, -0.25) is 4.79 Å². The van der Waals surface area contributed by atoms with Crippen LogP contribution in [0, 0.1) is 6.92 Å². The number of aryl methyl sites for hydroxylation is 1. The van der Waals surface area contributed by atoms with Crippen molar-refractivity contribution in [1.82, 2.24) is 20.1 Å². The summed E-state index contributed by atoms with van der Waals surface area (Å²) in [6, 6.07) is 9.09. The minimum Gasteiger partial charge on any atom is -0.454 e. The Hall–Kier alpha value is -3.09. The quantitative estimate of drug-likeness (QED) is 0.799. The molecule has 1 atom stereocenters. The van der Waals surface area contributed by atoms with Gasteiger partial charge in [-0.15, -0.1) is 0 Å². The van der Waals surface area contributed by atoms with E-state index in [1.807, 2.05) is 31.2 Å². The van der Waals surface area contributed by atoms with Gasteiger partial charge in [0.1, 0.15) is 5.52 Å². The van der Waals surface area contributed by atoms with Gasteiger partial charge in [0, 0.05) is 6.20 Å². The number of carbonyl (C=O) groups is 1. The molecule has 1 aliphatic heterocycles. The number of fused-ring (bicyclic) bond motifs is 2. The van der Waals surface area contributed by atoms with E-state index in [1.54, 1.807) is 19.2 Å². The number of carbonyl (C=O) groups excluding carboxylic acids is 1. The molecule has 0 spiro atoms. The molecule has 0 unspecified atom stereocenters. The number of aromatic nitrogens is 3. The number of rotatable bonds is 3. The number of hydrogen-bond acceptors (Lipinski definition) is 5. The van der Waals surface area contributed by atoms with Crippen LogP contribution < -0.4 is 14.8 Å². The van der Waals surface area contributed by atoms with Gasteiger partial charge in [-0.05, 0) is 43.7 Å². The Morgan fingerprint density at radius 2 is 2.12 bits per heavy atom. The van der Waals surface area contributed by atoms with Crippen LogP contribution in [0.25, 0.3) is 5.52 Å². The van der Waals surface area contributed by atoms with E-state index in [0.29, 0.717) is 22.5 Å². The van der Waals surface area contributed by atoms with Gasteiger partial charge in [-0.2, -0.15) is 14.8 Å². The summed E-state index contributed by atoms with van der Waals surface area (Å²) in [7, 11) is 0. The van der Waals surface area contributed by atoms with Gasteiger partial charge in [0.05, 0.1) is 17.3 Å². The summed E-state index contributed by atoms with van der Waals surface area (Å²) in [6.07, 6.45) is 1.64. The summed E-state index contributed by atoms with van der Waals surface area (Å²) in [5.41, 5.74) is 2.81. The number of nitrogens with zero attached hydrogens (tertiary/aromatic N) is 3. The average Bonchev–Trinajstić information content (AvgIpc) is 3.16. The molecule has 3 heterocycles. The van der Waals surface area contributed by atoms with Crippen LogP contribution >= 0.6 is 0 Å². The fourth-order valence-corrected chi connectivity index (χ4v) is 2.82. The topological polar surface area (TPSA) is 77.8 Å². The maximum Gasteiger partial charge on any atom is 0.255 e. The van der Waals surface area contributed by atoms with Crippen molar-refractivity contribution in [3.05, 3.63) is 53.3 Å². The summed E-state index contributed by atoms with van der Waals surface area (Å²) in [6.45, 7) is 3.96. The first kappa shape index (κ1) is 14.5. The highest BCUT2D eigenvalue weighted by molar-refractivity contribution is 6.02. The highest BCUT2D eigenvalue weighted by atomic mass is 16.7. The maximum absolute atomic E-state index is 12.7. The fourth-order valence-electron chi connectivity index (χ4n) is 2.82. The third-order valence-electron chi connectivity index (χ3n) is 4.07. The number of amides is 1. The lowest BCUT2D eigenvalue weighted by Crippen LogP contribution is -2.27. The molecule has 1 aromatic carbocycles. The zero-order valence-corrected chi connectivity index (χ0v) is 13.3. The number of ether oxygens (including phenoxy) is 2. The average molecular weight is 324 g/mol. The van der Waals surface area contributed by atoms with Crippen molar-refractivity contribution in [1.29, 1.82) is 0 Å². The summed E-state index contributed by atoms with van der Waals surface area (Å²) in [5, 5.41) is 11.4. The molecule has 1 amide bonds. The minimum atomic E-state index is -0.182. The Labute approximate surface area is 138 Å². The van der Waals surface area contributed by atoms with Crippen LogP contribution in [-0.4, -0.2) is 27.5 Å². The van der Waals surface area contributed by atoms with Crippen LogP contribution in [0.1, 0.15) is 34.6 Å². The standard InChI is InChI=1S/C17H16N4O3/c1-10(12-5-6-14-15(8-12)24-9-23-14)19-17(22)16-11(2)20-21-13(16)4-3-7-18-21/h3-8,10H,9H2,1-2H3,(H,19,22)/t10-/m0/s1. The van der Waals surface area contributed by atoms with Crippen molar-refractivity contribution >= 4 is 11.4 Å². The van der Waals surface area contributed by atoms with Gasteiger partial charge in [0.25, 0.3) is 5.91 Å². The maximum atomic E-state index is 12.7. The fraction of sp³-hybridized carbons (Fsp3) is 0.235. The van der Waals surface area contributed by atoms with Gasteiger partial charge in [-0.25, -0.2) is 0 Å². The molecule has 24 heavy (non-hydrogen) atoms.